The predicted molar refractivity (Wildman–Crippen MR) is 78.0 cm³/mol. The Kier molecular flexibility index (Phi) is 4.08. The van der Waals surface area contributed by atoms with E-state index in [-0.39, 0.29) is 11.3 Å². The highest BCUT2D eigenvalue weighted by molar-refractivity contribution is 7.15. The van der Waals surface area contributed by atoms with Gasteiger partial charge >= 0.3 is 0 Å². The first kappa shape index (κ1) is 14.5. The van der Waals surface area contributed by atoms with Crippen molar-refractivity contribution in [1.82, 2.24) is 20.2 Å². The van der Waals surface area contributed by atoms with Gasteiger partial charge in [-0.05, 0) is 6.42 Å². The van der Waals surface area contributed by atoms with Gasteiger partial charge in [0.1, 0.15) is 10.8 Å². The van der Waals surface area contributed by atoms with E-state index in [0.717, 1.165) is 11.4 Å². The number of aryl methyl sites for hydroxylation is 1. The molecule has 2 aromatic heterocycles. The summed E-state index contributed by atoms with van der Waals surface area (Å²) in [5.41, 5.74) is 0.274. The number of nitrogens with one attached hydrogen (secondary N) is 1. The molecule has 7 heteroatoms. The van der Waals surface area contributed by atoms with Crippen molar-refractivity contribution in [3.05, 3.63) is 28.8 Å². The van der Waals surface area contributed by atoms with E-state index in [1.54, 1.807) is 0 Å². The SMILES string of the molecule is CCc1nnc(NC(=O)c2cnc(C(C)(C)C)nc2)s1. The van der Waals surface area contributed by atoms with Crippen LogP contribution in [0.2, 0.25) is 0 Å². The number of carbonyl (C=O) groups excluding carboxylic acids is 1. The number of nitrogens with zero attached hydrogens (tertiary/aromatic N) is 4. The molecule has 0 spiro atoms. The van der Waals surface area contributed by atoms with Gasteiger partial charge in [-0.25, -0.2) is 9.97 Å². The van der Waals surface area contributed by atoms with Crippen LogP contribution in [0.1, 0.15) is 48.9 Å². The third-order valence-electron chi connectivity index (χ3n) is 2.57. The fourth-order valence-corrected chi connectivity index (χ4v) is 2.12. The van der Waals surface area contributed by atoms with Gasteiger partial charge in [-0.3, -0.25) is 10.1 Å². The minimum atomic E-state index is -0.274. The summed E-state index contributed by atoms with van der Waals surface area (Å²) in [7, 11) is 0. The molecule has 1 amide bonds. The summed E-state index contributed by atoms with van der Waals surface area (Å²) in [5, 5.41) is 11.9. The van der Waals surface area contributed by atoms with Crippen LogP contribution in [-0.2, 0) is 11.8 Å². The Morgan fingerprint density at radius 3 is 2.40 bits per heavy atom. The van der Waals surface area contributed by atoms with E-state index in [1.165, 1.54) is 23.7 Å². The van der Waals surface area contributed by atoms with Gasteiger partial charge in [0.25, 0.3) is 5.91 Å². The molecule has 0 radical (unpaired) electrons. The number of amides is 1. The Balaban J connectivity index is 2.09. The maximum atomic E-state index is 12.0. The number of carbonyl (C=O) groups is 1. The van der Waals surface area contributed by atoms with Crippen LogP contribution >= 0.6 is 11.3 Å². The maximum Gasteiger partial charge on any atom is 0.260 e. The molecular weight excluding hydrogens is 274 g/mol. The van der Waals surface area contributed by atoms with Gasteiger partial charge < -0.3 is 0 Å². The van der Waals surface area contributed by atoms with Gasteiger partial charge in [0.05, 0.1) is 5.56 Å². The lowest BCUT2D eigenvalue weighted by molar-refractivity contribution is 0.102. The fraction of sp³-hybridized carbons (Fsp3) is 0.462. The van der Waals surface area contributed by atoms with E-state index in [0.29, 0.717) is 16.5 Å². The molecule has 0 saturated carbocycles. The van der Waals surface area contributed by atoms with Gasteiger partial charge in [0.2, 0.25) is 5.13 Å². The molecule has 0 atom stereocenters. The zero-order chi connectivity index (χ0) is 14.8. The monoisotopic (exact) mass is 291 g/mol. The van der Waals surface area contributed by atoms with Crippen LogP contribution in [0.15, 0.2) is 12.4 Å². The average Bonchev–Trinajstić information content (AvgIpc) is 2.85. The Morgan fingerprint density at radius 1 is 1.25 bits per heavy atom. The van der Waals surface area contributed by atoms with E-state index in [1.807, 2.05) is 27.7 Å². The summed E-state index contributed by atoms with van der Waals surface area (Å²) in [4.78, 5) is 20.5. The molecule has 2 aromatic rings. The Morgan fingerprint density at radius 2 is 1.90 bits per heavy atom. The average molecular weight is 291 g/mol. The summed E-state index contributed by atoms with van der Waals surface area (Å²) >= 11 is 1.37. The molecule has 6 nitrogen and oxygen atoms in total. The molecule has 0 unspecified atom stereocenters. The first-order chi connectivity index (χ1) is 9.40. The zero-order valence-corrected chi connectivity index (χ0v) is 12.8. The smallest absolute Gasteiger partial charge is 0.260 e. The highest BCUT2D eigenvalue weighted by Gasteiger charge is 2.18. The molecule has 0 saturated heterocycles. The van der Waals surface area contributed by atoms with Crippen LogP contribution in [0.25, 0.3) is 0 Å². The standard InChI is InChI=1S/C13H17N5OS/c1-5-9-17-18-12(20-9)16-10(19)8-6-14-11(15-7-8)13(2,3)4/h6-7H,5H2,1-4H3,(H,16,18,19). The topological polar surface area (TPSA) is 80.7 Å². The van der Waals surface area contributed by atoms with Crippen molar-refractivity contribution in [2.24, 2.45) is 0 Å². The molecule has 0 aliphatic carbocycles. The molecule has 1 N–H and O–H groups in total. The third-order valence-corrected chi connectivity index (χ3v) is 3.56. The summed E-state index contributed by atoms with van der Waals surface area (Å²) in [6.45, 7) is 8.06. The minimum absolute atomic E-state index is 0.135. The molecular formula is C13H17N5OS. The van der Waals surface area contributed by atoms with E-state index >= 15 is 0 Å². The van der Waals surface area contributed by atoms with Crippen molar-refractivity contribution in [3.63, 3.8) is 0 Å². The van der Waals surface area contributed by atoms with Crippen molar-refractivity contribution >= 4 is 22.4 Å². The van der Waals surface area contributed by atoms with Crippen LogP contribution in [-0.4, -0.2) is 26.1 Å². The van der Waals surface area contributed by atoms with Gasteiger partial charge in [0, 0.05) is 17.8 Å². The number of hydrogen-bond donors (Lipinski definition) is 1. The summed E-state index contributed by atoms with van der Waals surface area (Å²) in [6, 6.07) is 0. The third kappa shape index (κ3) is 3.36. The Hall–Kier alpha value is -1.89. The number of anilines is 1. The quantitative estimate of drug-likeness (QED) is 0.939. The summed E-state index contributed by atoms with van der Waals surface area (Å²) in [5.74, 6) is 0.433. The highest BCUT2D eigenvalue weighted by Crippen LogP contribution is 2.18. The number of aromatic nitrogens is 4. The first-order valence-electron chi connectivity index (χ1n) is 6.36. The summed E-state index contributed by atoms with van der Waals surface area (Å²) < 4.78 is 0. The normalized spacial score (nSPS) is 11.4. The highest BCUT2D eigenvalue weighted by atomic mass is 32.1. The van der Waals surface area contributed by atoms with Crippen LogP contribution in [0.5, 0.6) is 0 Å². The zero-order valence-electron chi connectivity index (χ0n) is 12.0. The molecule has 20 heavy (non-hydrogen) atoms. The van der Waals surface area contributed by atoms with Crippen molar-refractivity contribution in [1.29, 1.82) is 0 Å². The Bertz CT molecular complexity index is 600. The van der Waals surface area contributed by atoms with E-state index in [2.05, 4.69) is 25.5 Å². The largest absolute Gasteiger partial charge is 0.296 e. The van der Waals surface area contributed by atoms with E-state index in [4.69, 9.17) is 0 Å². The van der Waals surface area contributed by atoms with Crippen LogP contribution in [0, 0.1) is 0 Å². The second-order valence-electron chi connectivity index (χ2n) is 5.35. The van der Waals surface area contributed by atoms with Gasteiger partial charge in [0.15, 0.2) is 0 Å². The molecule has 2 heterocycles. The molecule has 0 aliphatic heterocycles. The maximum absolute atomic E-state index is 12.0. The minimum Gasteiger partial charge on any atom is -0.296 e. The molecule has 2 rings (SSSR count). The number of hydrogen-bond acceptors (Lipinski definition) is 6. The van der Waals surface area contributed by atoms with Crippen molar-refractivity contribution in [2.45, 2.75) is 39.5 Å². The first-order valence-corrected chi connectivity index (χ1v) is 7.18. The lowest BCUT2D eigenvalue weighted by Gasteiger charge is -2.15. The van der Waals surface area contributed by atoms with Crippen molar-refractivity contribution in [3.8, 4) is 0 Å². The molecule has 0 aliphatic rings. The van der Waals surface area contributed by atoms with Crippen molar-refractivity contribution < 1.29 is 4.79 Å². The Labute approximate surface area is 121 Å². The molecule has 0 aromatic carbocycles. The van der Waals surface area contributed by atoms with Crippen LogP contribution in [0.4, 0.5) is 5.13 Å². The molecule has 106 valence electrons. The second-order valence-corrected chi connectivity index (χ2v) is 6.42. The molecule has 0 fully saturated rings. The molecule has 0 bridgehead atoms. The summed E-state index contributed by atoms with van der Waals surface area (Å²) in [6.07, 6.45) is 3.87. The van der Waals surface area contributed by atoms with Crippen LogP contribution in [0.3, 0.4) is 0 Å². The lowest BCUT2D eigenvalue weighted by atomic mass is 9.96. The fourth-order valence-electron chi connectivity index (χ4n) is 1.45. The van der Waals surface area contributed by atoms with Gasteiger partial charge in [-0.1, -0.05) is 39.0 Å². The second kappa shape index (κ2) is 5.62. The van der Waals surface area contributed by atoms with Gasteiger partial charge in [-0.15, -0.1) is 10.2 Å². The van der Waals surface area contributed by atoms with Crippen LogP contribution < -0.4 is 5.32 Å². The van der Waals surface area contributed by atoms with Gasteiger partial charge in [-0.2, -0.15) is 0 Å². The number of rotatable bonds is 3. The predicted octanol–water partition coefficient (Wildman–Crippen LogP) is 2.44. The van der Waals surface area contributed by atoms with E-state index < -0.39 is 0 Å². The van der Waals surface area contributed by atoms with Crippen molar-refractivity contribution in [2.75, 3.05) is 5.32 Å². The lowest BCUT2D eigenvalue weighted by Crippen LogP contribution is -2.18. The van der Waals surface area contributed by atoms with E-state index in [9.17, 15) is 4.79 Å².